The Balaban J connectivity index is 1.89. The predicted molar refractivity (Wildman–Crippen MR) is 89.8 cm³/mol. The molecule has 0 atom stereocenters. The Kier molecular flexibility index (Phi) is 3.79. The fraction of sp³-hybridized carbons (Fsp3) is 0.438. The zero-order valence-electron chi connectivity index (χ0n) is 13.3. The van der Waals surface area contributed by atoms with Crippen molar-refractivity contribution in [3.05, 3.63) is 51.1 Å². The summed E-state index contributed by atoms with van der Waals surface area (Å²) in [6, 6.07) is 7.38. The number of nitrogens with zero attached hydrogens (tertiary/aromatic N) is 1. The van der Waals surface area contributed by atoms with Gasteiger partial charge in [-0.3, -0.25) is 4.79 Å². The highest BCUT2D eigenvalue weighted by molar-refractivity contribution is 7.09. The summed E-state index contributed by atoms with van der Waals surface area (Å²) in [5, 5.41) is 2.01. The molecule has 116 valence electrons. The monoisotopic (exact) mass is 317 g/mol. The summed E-state index contributed by atoms with van der Waals surface area (Å²) in [6.07, 6.45) is 1.84. The molecule has 0 N–H and O–H groups in total. The fourth-order valence-electron chi connectivity index (χ4n) is 2.36. The van der Waals surface area contributed by atoms with Crippen LogP contribution in [0.5, 0.6) is 0 Å². The molecule has 0 bridgehead atoms. The zero-order chi connectivity index (χ0) is 16.0. The molecule has 6 heteroatoms. The van der Waals surface area contributed by atoms with Crippen LogP contribution in [0.2, 0.25) is 0 Å². The lowest BCUT2D eigenvalue weighted by Gasteiger charge is -2.32. The van der Waals surface area contributed by atoms with Crippen LogP contribution in [0.1, 0.15) is 32.6 Å². The van der Waals surface area contributed by atoms with Gasteiger partial charge in [-0.05, 0) is 44.6 Å². The summed E-state index contributed by atoms with van der Waals surface area (Å²) >= 11 is 1.64. The first-order chi connectivity index (χ1) is 10.3. The lowest BCUT2D eigenvalue weighted by Crippen LogP contribution is -2.41. The van der Waals surface area contributed by atoms with Crippen LogP contribution in [0, 0.1) is 0 Å². The molecule has 1 aliphatic heterocycles. The van der Waals surface area contributed by atoms with E-state index in [1.807, 2.05) is 51.4 Å². The van der Waals surface area contributed by atoms with Gasteiger partial charge in [0.2, 0.25) is 0 Å². The van der Waals surface area contributed by atoms with Gasteiger partial charge in [-0.15, -0.1) is 11.3 Å². The van der Waals surface area contributed by atoms with Crippen LogP contribution in [-0.2, 0) is 15.9 Å². The minimum atomic E-state index is -0.444. The molecule has 4 nitrogen and oxygen atoms in total. The van der Waals surface area contributed by atoms with E-state index in [0.29, 0.717) is 6.54 Å². The molecule has 2 aromatic rings. The summed E-state index contributed by atoms with van der Waals surface area (Å²) in [5.74, 6) is 0. The standard InChI is InChI=1S/C16H20BNO3S/c1-15(2)16(3,4)21-17(20-15)12-7-8-14(19)18(10-12)11-13-6-5-9-22-13/h5-10H,11H2,1-4H3. The van der Waals surface area contributed by atoms with E-state index in [1.54, 1.807) is 28.0 Å². The third-order valence-electron chi connectivity index (χ3n) is 4.44. The van der Waals surface area contributed by atoms with E-state index in [1.165, 1.54) is 0 Å². The van der Waals surface area contributed by atoms with E-state index in [-0.39, 0.29) is 16.8 Å². The Labute approximate surface area is 134 Å². The van der Waals surface area contributed by atoms with Gasteiger partial charge >= 0.3 is 7.12 Å². The van der Waals surface area contributed by atoms with Crippen LogP contribution in [0.4, 0.5) is 0 Å². The van der Waals surface area contributed by atoms with Crippen molar-refractivity contribution in [1.82, 2.24) is 4.57 Å². The molecule has 0 aliphatic carbocycles. The van der Waals surface area contributed by atoms with Gasteiger partial charge < -0.3 is 13.9 Å². The highest BCUT2D eigenvalue weighted by Crippen LogP contribution is 2.36. The average molecular weight is 317 g/mol. The second kappa shape index (κ2) is 5.37. The molecule has 0 unspecified atom stereocenters. The molecule has 2 aromatic heterocycles. The van der Waals surface area contributed by atoms with Crippen LogP contribution in [0.3, 0.4) is 0 Å². The van der Waals surface area contributed by atoms with Crippen molar-refractivity contribution in [3.8, 4) is 0 Å². The first kappa shape index (κ1) is 15.5. The summed E-state index contributed by atoms with van der Waals surface area (Å²) < 4.78 is 13.8. The molecule has 0 spiro atoms. The Bertz CT molecular complexity index is 705. The van der Waals surface area contributed by atoms with E-state index in [9.17, 15) is 4.79 Å². The van der Waals surface area contributed by atoms with Crippen molar-refractivity contribution in [2.24, 2.45) is 0 Å². The Morgan fingerprint density at radius 1 is 1.14 bits per heavy atom. The van der Waals surface area contributed by atoms with Crippen molar-refractivity contribution in [3.63, 3.8) is 0 Å². The van der Waals surface area contributed by atoms with Crippen LogP contribution in [0.25, 0.3) is 0 Å². The first-order valence-corrected chi connectivity index (χ1v) is 8.25. The number of hydrogen-bond acceptors (Lipinski definition) is 4. The normalized spacial score (nSPS) is 19.5. The van der Waals surface area contributed by atoms with Crippen molar-refractivity contribution >= 4 is 23.9 Å². The Morgan fingerprint density at radius 3 is 2.41 bits per heavy atom. The largest absolute Gasteiger partial charge is 0.496 e. The summed E-state index contributed by atoms with van der Waals surface area (Å²) in [7, 11) is -0.444. The molecule has 22 heavy (non-hydrogen) atoms. The molecular formula is C16H20BNO3S. The van der Waals surface area contributed by atoms with Crippen LogP contribution < -0.4 is 11.0 Å². The topological polar surface area (TPSA) is 40.5 Å². The maximum absolute atomic E-state index is 12.1. The summed E-state index contributed by atoms with van der Waals surface area (Å²) in [4.78, 5) is 13.2. The van der Waals surface area contributed by atoms with E-state index in [0.717, 1.165) is 10.3 Å². The van der Waals surface area contributed by atoms with E-state index >= 15 is 0 Å². The fourth-order valence-corrected chi connectivity index (χ4v) is 3.07. The molecule has 0 saturated carbocycles. The zero-order valence-corrected chi connectivity index (χ0v) is 14.1. The molecule has 3 rings (SSSR count). The molecule has 0 radical (unpaired) electrons. The lowest BCUT2D eigenvalue weighted by molar-refractivity contribution is 0.00578. The maximum atomic E-state index is 12.1. The van der Waals surface area contributed by atoms with Gasteiger partial charge in [-0.1, -0.05) is 12.1 Å². The van der Waals surface area contributed by atoms with Crippen molar-refractivity contribution in [1.29, 1.82) is 0 Å². The van der Waals surface area contributed by atoms with Gasteiger partial charge in [-0.2, -0.15) is 0 Å². The van der Waals surface area contributed by atoms with Crippen LogP contribution in [0.15, 0.2) is 40.6 Å². The van der Waals surface area contributed by atoms with E-state index < -0.39 is 7.12 Å². The predicted octanol–water partition coefficient (Wildman–Crippen LogP) is 2.26. The number of aromatic nitrogens is 1. The van der Waals surface area contributed by atoms with Gasteiger partial charge in [0.15, 0.2) is 0 Å². The maximum Gasteiger partial charge on any atom is 0.496 e. The quantitative estimate of drug-likeness (QED) is 0.815. The third-order valence-corrected chi connectivity index (χ3v) is 5.30. The van der Waals surface area contributed by atoms with E-state index in [2.05, 4.69) is 0 Å². The van der Waals surface area contributed by atoms with Gasteiger partial charge in [0, 0.05) is 17.1 Å². The van der Waals surface area contributed by atoms with Gasteiger partial charge in [-0.25, -0.2) is 0 Å². The van der Waals surface area contributed by atoms with Gasteiger partial charge in [0.05, 0.1) is 17.7 Å². The SMILES string of the molecule is CC1(C)OB(c2ccc(=O)n(Cc3cccs3)c2)OC1(C)C. The van der Waals surface area contributed by atoms with Gasteiger partial charge in [0.25, 0.3) is 5.56 Å². The van der Waals surface area contributed by atoms with Gasteiger partial charge in [0.1, 0.15) is 0 Å². The third kappa shape index (κ3) is 2.78. The second-order valence-electron chi connectivity index (χ2n) is 6.60. The minimum Gasteiger partial charge on any atom is -0.399 e. The minimum absolute atomic E-state index is 0.0198. The van der Waals surface area contributed by atoms with Crippen molar-refractivity contribution in [2.45, 2.75) is 45.4 Å². The Morgan fingerprint density at radius 2 is 1.82 bits per heavy atom. The van der Waals surface area contributed by atoms with Crippen LogP contribution in [-0.4, -0.2) is 22.9 Å². The van der Waals surface area contributed by atoms with E-state index in [4.69, 9.17) is 9.31 Å². The number of thiophene rings is 1. The molecule has 1 aliphatic rings. The highest BCUT2D eigenvalue weighted by Gasteiger charge is 2.51. The second-order valence-corrected chi connectivity index (χ2v) is 7.63. The smallest absolute Gasteiger partial charge is 0.399 e. The molecule has 3 heterocycles. The molecule has 1 saturated heterocycles. The Hall–Kier alpha value is -1.37. The molecule has 0 amide bonds. The summed E-state index contributed by atoms with van der Waals surface area (Å²) in [6.45, 7) is 8.66. The van der Waals surface area contributed by atoms with Crippen molar-refractivity contribution in [2.75, 3.05) is 0 Å². The molecule has 0 aromatic carbocycles. The number of pyridine rings is 1. The number of hydrogen-bond donors (Lipinski definition) is 0. The van der Waals surface area contributed by atoms with Crippen LogP contribution >= 0.6 is 11.3 Å². The first-order valence-electron chi connectivity index (χ1n) is 7.37. The lowest BCUT2D eigenvalue weighted by atomic mass is 9.80. The number of rotatable bonds is 3. The summed E-state index contributed by atoms with van der Waals surface area (Å²) in [5.41, 5.74) is 0.0853. The average Bonchev–Trinajstić information content (AvgIpc) is 2.99. The molecular weight excluding hydrogens is 297 g/mol. The molecule has 1 fully saturated rings. The van der Waals surface area contributed by atoms with Crippen molar-refractivity contribution < 1.29 is 9.31 Å². The highest BCUT2D eigenvalue weighted by atomic mass is 32.1.